The van der Waals surface area contributed by atoms with Gasteiger partial charge in [-0.3, -0.25) is 14.4 Å². The number of primary amides is 1. The Balaban J connectivity index is 1.64. The van der Waals surface area contributed by atoms with E-state index in [2.05, 4.69) is 16.1 Å². The van der Waals surface area contributed by atoms with Crippen LogP contribution in [0.5, 0.6) is 5.75 Å². The van der Waals surface area contributed by atoms with Gasteiger partial charge in [-0.05, 0) is 43.1 Å². The molecular formula is C18H24N4O2. The Hall–Kier alpha value is -2.34. The minimum atomic E-state index is -0.462. The number of nitrogens with zero attached hydrogens (tertiary/aromatic N) is 3. The molecule has 1 aromatic heterocycles. The molecule has 6 nitrogen and oxygen atoms in total. The van der Waals surface area contributed by atoms with Gasteiger partial charge in [-0.2, -0.15) is 5.10 Å². The van der Waals surface area contributed by atoms with Crippen LogP contribution < -0.4 is 10.5 Å². The molecule has 24 heavy (non-hydrogen) atoms. The van der Waals surface area contributed by atoms with Crippen LogP contribution in [0.2, 0.25) is 0 Å². The van der Waals surface area contributed by atoms with E-state index in [-0.39, 0.29) is 6.61 Å². The summed E-state index contributed by atoms with van der Waals surface area (Å²) in [5.74, 6) is 0.225. The zero-order valence-electron chi connectivity index (χ0n) is 13.8. The summed E-state index contributed by atoms with van der Waals surface area (Å²) >= 11 is 0. The lowest BCUT2D eigenvalue weighted by Gasteiger charge is -2.35. The van der Waals surface area contributed by atoms with Gasteiger partial charge in [0.05, 0.1) is 6.54 Å². The second kappa shape index (κ2) is 7.97. The quantitative estimate of drug-likeness (QED) is 0.841. The van der Waals surface area contributed by atoms with E-state index in [1.54, 1.807) is 0 Å². The van der Waals surface area contributed by atoms with Gasteiger partial charge in [0.25, 0.3) is 5.91 Å². The standard InChI is InChI=1S/C18H24N4O2/c19-18(23)14-24-17-7-3-5-15(11-17)12-21-9-2-1-6-16(21)13-22-10-4-8-20-22/h3-5,7-8,10-11,16H,1-2,6,9,12-14H2,(H2,19,23)/t16-/m0/s1. The first-order valence-electron chi connectivity index (χ1n) is 8.42. The third-order valence-electron chi connectivity index (χ3n) is 4.37. The number of likely N-dealkylation sites (tertiary alicyclic amines) is 1. The molecule has 1 aliphatic rings. The maximum atomic E-state index is 10.8. The topological polar surface area (TPSA) is 73.4 Å². The second-order valence-electron chi connectivity index (χ2n) is 6.25. The molecule has 6 heteroatoms. The molecule has 2 N–H and O–H groups in total. The molecule has 0 unspecified atom stereocenters. The van der Waals surface area contributed by atoms with Gasteiger partial charge in [0, 0.05) is 25.0 Å². The number of benzene rings is 1. The first-order valence-corrected chi connectivity index (χ1v) is 8.42. The number of carbonyl (C=O) groups excluding carboxylic acids is 1. The molecule has 0 radical (unpaired) electrons. The van der Waals surface area contributed by atoms with Crippen LogP contribution in [0.1, 0.15) is 24.8 Å². The van der Waals surface area contributed by atoms with Gasteiger partial charge in [-0.25, -0.2) is 0 Å². The number of piperidine rings is 1. The molecule has 1 fully saturated rings. The third-order valence-corrected chi connectivity index (χ3v) is 4.37. The summed E-state index contributed by atoms with van der Waals surface area (Å²) in [6.45, 7) is 2.80. The number of ether oxygens (including phenoxy) is 1. The molecule has 2 aromatic rings. The van der Waals surface area contributed by atoms with Crippen molar-refractivity contribution in [2.45, 2.75) is 38.4 Å². The zero-order chi connectivity index (χ0) is 16.8. The molecule has 1 aliphatic heterocycles. The molecule has 1 amide bonds. The minimum absolute atomic E-state index is 0.0882. The monoisotopic (exact) mass is 328 g/mol. The average molecular weight is 328 g/mol. The normalized spacial score (nSPS) is 18.4. The van der Waals surface area contributed by atoms with E-state index in [0.717, 1.165) is 19.6 Å². The summed E-state index contributed by atoms with van der Waals surface area (Å²) < 4.78 is 7.41. The fourth-order valence-corrected chi connectivity index (χ4v) is 3.22. The Bertz CT molecular complexity index is 657. The zero-order valence-corrected chi connectivity index (χ0v) is 13.8. The van der Waals surface area contributed by atoms with E-state index in [9.17, 15) is 4.79 Å². The van der Waals surface area contributed by atoms with Crippen molar-refractivity contribution in [2.24, 2.45) is 5.73 Å². The van der Waals surface area contributed by atoms with Crippen molar-refractivity contribution in [3.63, 3.8) is 0 Å². The Morgan fingerprint density at radius 1 is 1.33 bits per heavy atom. The van der Waals surface area contributed by atoms with E-state index in [0.29, 0.717) is 11.8 Å². The highest BCUT2D eigenvalue weighted by Crippen LogP contribution is 2.22. The number of carbonyl (C=O) groups is 1. The lowest BCUT2D eigenvalue weighted by Crippen LogP contribution is -2.41. The molecule has 1 saturated heterocycles. The number of amides is 1. The van der Waals surface area contributed by atoms with Crippen LogP contribution in [-0.4, -0.2) is 39.8 Å². The highest BCUT2D eigenvalue weighted by atomic mass is 16.5. The number of aromatic nitrogens is 2. The lowest BCUT2D eigenvalue weighted by atomic mass is 10.0. The predicted octanol–water partition coefficient (Wildman–Crippen LogP) is 1.80. The molecule has 1 atom stereocenters. The van der Waals surface area contributed by atoms with Crippen molar-refractivity contribution < 1.29 is 9.53 Å². The van der Waals surface area contributed by atoms with Crippen LogP contribution >= 0.6 is 0 Å². The summed E-state index contributed by atoms with van der Waals surface area (Å²) in [4.78, 5) is 13.4. The fraction of sp³-hybridized carbons (Fsp3) is 0.444. The van der Waals surface area contributed by atoms with Gasteiger partial charge in [0.1, 0.15) is 5.75 Å². The summed E-state index contributed by atoms with van der Waals surface area (Å²) in [6.07, 6.45) is 7.53. The van der Waals surface area contributed by atoms with Crippen molar-refractivity contribution in [2.75, 3.05) is 13.2 Å². The Kier molecular flexibility index (Phi) is 5.48. The van der Waals surface area contributed by atoms with Gasteiger partial charge in [-0.15, -0.1) is 0 Å². The molecule has 2 heterocycles. The summed E-state index contributed by atoms with van der Waals surface area (Å²) in [6, 6.07) is 10.3. The smallest absolute Gasteiger partial charge is 0.255 e. The molecule has 128 valence electrons. The first-order chi connectivity index (χ1) is 11.7. The second-order valence-corrected chi connectivity index (χ2v) is 6.25. The maximum Gasteiger partial charge on any atom is 0.255 e. The number of hydrogen-bond donors (Lipinski definition) is 1. The molecule has 0 spiro atoms. The van der Waals surface area contributed by atoms with Crippen molar-refractivity contribution in [3.05, 3.63) is 48.3 Å². The van der Waals surface area contributed by atoms with E-state index < -0.39 is 5.91 Å². The van der Waals surface area contributed by atoms with E-state index in [1.165, 1.54) is 24.8 Å². The van der Waals surface area contributed by atoms with Crippen LogP contribution in [0.3, 0.4) is 0 Å². The molecule has 3 rings (SSSR count). The molecule has 0 bridgehead atoms. The highest BCUT2D eigenvalue weighted by molar-refractivity contribution is 5.75. The van der Waals surface area contributed by atoms with Crippen molar-refractivity contribution in [3.8, 4) is 5.75 Å². The largest absolute Gasteiger partial charge is 0.484 e. The van der Waals surface area contributed by atoms with Crippen LogP contribution in [0.25, 0.3) is 0 Å². The SMILES string of the molecule is NC(=O)COc1cccc(CN2CCCC[C@H]2Cn2cccn2)c1. The predicted molar refractivity (Wildman–Crippen MR) is 91.4 cm³/mol. The van der Waals surface area contributed by atoms with Crippen molar-refractivity contribution in [1.29, 1.82) is 0 Å². The van der Waals surface area contributed by atoms with Gasteiger partial charge in [0.2, 0.25) is 0 Å². The first kappa shape index (κ1) is 16.5. The molecule has 0 saturated carbocycles. The van der Waals surface area contributed by atoms with Crippen LogP contribution in [0, 0.1) is 0 Å². The van der Waals surface area contributed by atoms with E-state index >= 15 is 0 Å². The number of nitrogens with two attached hydrogens (primary N) is 1. The van der Waals surface area contributed by atoms with Gasteiger partial charge < -0.3 is 10.5 Å². The van der Waals surface area contributed by atoms with E-state index in [1.807, 2.05) is 41.3 Å². The molecule has 0 aliphatic carbocycles. The average Bonchev–Trinajstić information content (AvgIpc) is 3.08. The summed E-state index contributed by atoms with van der Waals surface area (Å²) in [5, 5.41) is 4.33. The van der Waals surface area contributed by atoms with Crippen LogP contribution in [0.15, 0.2) is 42.7 Å². The number of rotatable bonds is 7. The van der Waals surface area contributed by atoms with Crippen LogP contribution in [-0.2, 0) is 17.9 Å². The summed E-state index contributed by atoms with van der Waals surface area (Å²) in [7, 11) is 0. The highest BCUT2D eigenvalue weighted by Gasteiger charge is 2.23. The molecular weight excluding hydrogens is 304 g/mol. The van der Waals surface area contributed by atoms with Gasteiger partial charge >= 0.3 is 0 Å². The minimum Gasteiger partial charge on any atom is -0.484 e. The fourth-order valence-electron chi connectivity index (χ4n) is 3.22. The van der Waals surface area contributed by atoms with E-state index in [4.69, 9.17) is 10.5 Å². The lowest BCUT2D eigenvalue weighted by molar-refractivity contribution is -0.119. The Morgan fingerprint density at radius 3 is 3.04 bits per heavy atom. The number of hydrogen-bond acceptors (Lipinski definition) is 4. The molecule has 1 aromatic carbocycles. The Labute approximate surface area is 142 Å². The third kappa shape index (κ3) is 4.58. The Morgan fingerprint density at radius 2 is 2.25 bits per heavy atom. The van der Waals surface area contributed by atoms with Gasteiger partial charge in [-0.1, -0.05) is 18.6 Å². The summed E-state index contributed by atoms with van der Waals surface area (Å²) in [5.41, 5.74) is 6.31. The van der Waals surface area contributed by atoms with Crippen LogP contribution in [0.4, 0.5) is 0 Å². The van der Waals surface area contributed by atoms with Gasteiger partial charge in [0.15, 0.2) is 6.61 Å². The maximum absolute atomic E-state index is 10.8. The van der Waals surface area contributed by atoms with Crippen molar-refractivity contribution >= 4 is 5.91 Å². The van der Waals surface area contributed by atoms with Crippen molar-refractivity contribution in [1.82, 2.24) is 14.7 Å².